The Labute approximate surface area is 146 Å². The Morgan fingerprint density at radius 3 is 2.92 bits per heavy atom. The van der Waals surface area contributed by atoms with Gasteiger partial charge in [-0.05, 0) is 41.7 Å². The highest BCUT2D eigenvalue weighted by molar-refractivity contribution is 7.07. The Kier molecular flexibility index (Phi) is 4.47. The Morgan fingerprint density at radius 2 is 2.17 bits per heavy atom. The number of thiophene rings is 1. The molecule has 5 nitrogen and oxygen atoms in total. The van der Waals surface area contributed by atoms with Crippen LogP contribution in [0.5, 0.6) is 0 Å². The van der Waals surface area contributed by atoms with E-state index in [1.165, 1.54) is 17.5 Å². The molecule has 1 N–H and O–H groups in total. The SMILES string of the molecule is O=C(C1CCC1)N1CCc2ncnc(NCc3ccsc3)c2CC1. The number of anilines is 1. The van der Waals surface area contributed by atoms with E-state index in [9.17, 15) is 4.79 Å². The average molecular weight is 342 g/mol. The van der Waals surface area contributed by atoms with Crippen LogP contribution in [0.1, 0.15) is 36.1 Å². The zero-order valence-electron chi connectivity index (χ0n) is 13.7. The average Bonchev–Trinajstić information content (AvgIpc) is 2.96. The second-order valence-electron chi connectivity index (χ2n) is 6.59. The van der Waals surface area contributed by atoms with Crippen LogP contribution in [0.3, 0.4) is 0 Å². The number of hydrogen-bond acceptors (Lipinski definition) is 5. The Balaban J connectivity index is 1.46. The second-order valence-corrected chi connectivity index (χ2v) is 7.37. The van der Waals surface area contributed by atoms with Crippen LogP contribution < -0.4 is 5.32 Å². The molecule has 126 valence electrons. The number of carbonyl (C=O) groups excluding carboxylic acids is 1. The van der Waals surface area contributed by atoms with E-state index in [0.717, 1.165) is 56.8 Å². The number of aromatic nitrogens is 2. The number of amides is 1. The highest BCUT2D eigenvalue weighted by Crippen LogP contribution is 2.29. The summed E-state index contributed by atoms with van der Waals surface area (Å²) in [4.78, 5) is 23.5. The van der Waals surface area contributed by atoms with Crippen molar-refractivity contribution in [3.8, 4) is 0 Å². The summed E-state index contributed by atoms with van der Waals surface area (Å²) in [6.07, 6.45) is 6.62. The highest BCUT2D eigenvalue weighted by Gasteiger charge is 2.30. The molecule has 1 amide bonds. The van der Waals surface area contributed by atoms with Gasteiger partial charge in [0.25, 0.3) is 0 Å². The molecule has 24 heavy (non-hydrogen) atoms. The molecule has 2 aromatic heterocycles. The van der Waals surface area contributed by atoms with E-state index >= 15 is 0 Å². The lowest BCUT2D eigenvalue weighted by molar-refractivity contribution is -0.138. The molecule has 0 bridgehead atoms. The Morgan fingerprint density at radius 1 is 1.29 bits per heavy atom. The molecule has 3 heterocycles. The highest BCUT2D eigenvalue weighted by atomic mass is 32.1. The minimum atomic E-state index is 0.272. The molecule has 0 unspecified atom stereocenters. The van der Waals surface area contributed by atoms with Gasteiger partial charge in [0.1, 0.15) is 12.1 Å². The van der Waals surface area contributed by atoms with Crippen LogP contribution in [-0.4, -0.2) is 33.9 Å². The summed E-state index contributed by atoms with van der Waals surface area (Å²) in [7, 11) is 0. The molecule has 2 aliphatic rings. The van der Waals surface area contributed by atoms with Gasteiger partial charge in [0.15, 0.2) is 0 Å². The lowest BCUT2D eigenvalue weighted by Crippen LogP contribution is -2.40. The van der Waals surface area contributed by atoms with Crippen LogP contribution in [0.25, 0.3) is 0 Å². The first-order valence-corrected chi connectivity index (χ1v) is 9.62. The minimum Gasteiger partial charge on any atom is -0.366 e. The molecule has 1 aliphatic carbocycles. The molecule has 1 fully saturated rings. The number of hydrogen-bond donors (Lipinski definition) is 1. The molecular weight excluding hydrogens is 320 g/mol. The van der Waals surface area contributed by atoms with E-state index in [1.54, 1.807) is 17.7 Å². The summed E-state index contributed by atoms with van der Waals surface area (Å²) >= 11 is 1.70. The van der Waals surface area contributed by atoms with Crippen LogP contribution in [0.4, 0.5) is 5.82 Å². The lowest BCUT2D eigenvalue weighted by Gasteiger charge is -2.30. The molecule has 4 rings (SSSR count). The predicted octanol–water partition coefficient (Wildman–Crippen LogP) is 2.88. The zero-order valence-corrected chi connectivity index (χ0v) is 14.5. The maximum atomic E-state index is 12.5. The summed E-state index contributed by atoms with van der Waals surface area (Å²) in [6, 6.07) is 2.12. The summed E-state index contributed by atoms with van der Waals surface area (Å²) in [6.45, 7) is 2.34. The normalized spacial score (nSPS) is 17.8. The number of nitrogens with one attached hydrogen (secondary N) is 1. The number of rotatable bonds is 4. The molecule has 0 saturated heterocycles. The van der Waals surface area contributed by atoms with Gasteiger partial charge in [-0.3, -0.25) is 4.79 Å². The van der Waals surface area contributed by atoms with E-state index < -0.39 is 0 Å². The van der Waals surface area contributed by atoms with Gasteiger partial charge in [-0.1, -0.05) is 6.42 Å². The molecular formula is C18H22N4OS. The molecule has 1 saturated carbocycles. The lowest BCUT2D eigenvalue weighted by atomic mass is 9.84. The topological polar surface area (TPSA) is 58.1 Å². The van der Waals surface area contributed by atoms with Crippen molar-refractivity contribution in [1.82, 2.24) is 14.9 Å². The van der Waals surface area contributed by atoms with Crippen molar-refractivity contribution in [1.29, 1.82) is 0 Å². The van der Waals surface area contributed by atoms with Crippen molar-refractivity contribution >= 4 is 23.1 Å². The van der Waals surface area contributed by atoms with Crippen LogP contribution >= 0.6 is 11.3 Å². The first kappa shape index (κ1) is 15.6. The third-order valence-corrected chi connectivity index (χ3v) is 5.82. The van der Waals surface area contributed by atoms with Crippen molar-refractivity contribution in [2.45, 2.75) is 38.6 Å². The maximum absolute atomic E-state index is 12.5. The van der Waals surface area contributed by atoms with Gasteiger partial charge >= 0.3 is 0 Å². The van der Waals surface area contributed by atoms with Gasteiger partial charge in [0, 0.05) is 37.5 Å². The smallest absolute Gasteiger partial charge is 0.225 e. The molecule has 6 heteroatoms. The molecule has 0 spiro atoms. The predicted molar refractivity (Wildman–Crippen MR) is 95.0 cm³/mol. The minimum absolute atomic E-state index is 0.272. The first-order chi connectivity index (χ1) is 11.8. The summed E-state index contributed by atoms with van der Waals surface area (Å²) in [5.41, 5.74) is 3.53. The van der Waals surface area contributed by atoms with Crippen LogP contribution in [0.2, 0.25) is 0 Å². The van der Waals surface area contributed by atoms with Crippen molar-refractivity contribution in [2.75, 3.05) is 18.4 Å². The van der Waals surface area contributed by atoms with Gasteiger partial charge in [-0.15, -0.1) is 0 Å². The van der Waals surface area contributed by atoms with E-state index in [0.29, 0.717) is 5.91 Å². The Hall–Kier alpha value is -1.95. The fourth-order valence-corrected chi connectivity index (χ4v) is 4.06. The van der Waals surface area contributed by atoms with Gasteiger partial charge in [-0.2, -0.15) is 11.3 Å². The first-order valence-electron chi connectivity index (χ1n) is 8.68. The fraction of sp³-hybridized carbons (Fsp3) is 0.500. The molecule has 0 atom stereocenters. The third kappa shape index (κ3) is 3.15. The third-order valence-electron chi connectivity index (χ3n) is 5.09. The van der Waals surface area contributed by atoms with Gasteiger partial charge in [0.05, 0.1) is 5.69 Å². The number of fused-ring (bicyclic) bond motifs is 1. The standard InChI is InChI=1S/C18H22N4OS/c23-18(14-2-1-3-14)22-7-4-15-16(5-8-22)20-12-21-17(15)19-10-13-6-9-24-11-13/h6,9,11-12,14H,1-5,7-8,10H2,(H,19,20,21). The van der Waals surface area contributed by atoms with E-state index in [-0.39, 0.29) is 5.92 Å². The van der Waals surface area contributed by atoms with E-state index in [4.69, 9.17) is 0 Å². The zero-order chi connectivity index (χ0) is 16.4. The van der Waals surface area contributed by atoms with Gasteiger partial charge in [0.2, 0.25) is 5.91 Å². The number of nitrogens with zero attached hydrogens (tertiary/aromatic N) is 3. The van der Waals surface area contributed by atoms with Crippen LogP contribution in [0, 0.1) is 5.92 Å². The van der Waals surface area contributed by atoms with Crippen molar-refractivity contribution in [3.05, 3.63) is 40.0 Å². The van der Waals surface area contributed by atoms with Crippen LogP contribution in [0.15, 0.2) is 23.2 Å². The Bertz CT molecular complexity index is 712. The maximum Gasteiger partial charge on any atom is 0.225 e. The second kappa shape index (κ2) is 6.89. The van der Waals surface area contributed by atoms with Gasteiger partial charge < -0.3 is 10.2 Å². The summed E-state index contributed by atoms with van der Waals surface area (Å²) in [5, 5.41) is 7.67. The van der Waals surface area contributed by atoms with Crippen molar-refractivity contribution in [3.63, 3.8) is 0 Å². The quantitative estimate of drug-likeness (QED) is 0.928. The van der Waals surface area contributed by atoms with Crippen molar-refractivity contribution in [2.24, 2.45) is 5.92 Å². The van der Waals surface area contributed by atoms with Crippen LogP contribution in [-0.2, 0) is 24.2 Å². The molecule has 2 aromatic rings. The monoisotopic (exact) mass is 342 g/mol. The van der Waals surface area contributed by atoms with Gasteiger partial charge in [-0.25, -0.2) is 9.97 Å². The molecule has 1 aliphatic heterocycles. The molecule has 0 aromatic carbocycles. The van der Waals surface area contributed by atoms with E-state index in [2.05, 4.69) is 32.1 Å². The van der Waals surface area contributed by atoms with Crippen molar-refractivity contribution < 1.29 is 4.79 Å². The van der Waals surface area contributed by atoms with E-state index in [1.807, 2.05) is 4.90 Å². The summed E-state index contributed by atoms with van der Waals surface area (Å²) < 4.78 is 0. The number of carbonyl (C=O) groups is 1. The largest absolute Gasteiger partial charge is 0.366 e. The molecule has 0 radical (unpaired) electrons. The summed E-state index contributed by atoms with van der Waals surface area (Å²) in [5.74, 6) is 1.53. The fourth-order valence-electron chi connectivity index (χ4n) is 3.39.